The van der Waals surface area contributed by atoms with Gasteiger partial charge in [0.05, 0.1) is 6.04 Å². The van der Waals surface area contributed by atoms with Crippen molar-refractivity contribution in [3.63, 3.8) is 0 Å². The van der Waals surface area contributed by atoms with E-state index in [0.717, 1.165) is 5.56 Å². The molecule has 0 aromatic heterocycles. The van der Waals surface area contributed by atoms with E-state index in [1.54, 1.807) is 24.3 Å². The molecule has 0 heterocycles. The van der Waals surface area contributed by atoms with Gasteiger partial charge in [-0.05, 0) is 42.8 Å². The van der Waals surface area contributed by atoms with Crippen LogP contribution in [0.1, 0.15) is 45.1 Å². The summed E-state index contributed by atoms with van der Waals surface area (Å²) < 4.78 is 0. The zero-order valence-corrected chi connectivity index (χ0v) is 22.3. The van der Waals surface area contributed by atoms with Crippen molar-refractivity contribution >= 4 is 41.4 Å². The zero-order valence-electron chi connectivity index (χ0n) is 21.4. The summed E-state index contributed by atoms with van der Waals surface area (Å²) in [4.78, 5) is 61.3. The van der Waals surface area contributed by atoms with Gasteiger partial charge in [-0.3, -0.25) is 19.2 Å². The van der Waals surface area contributed by atoms with Crippen molar-refractivity contribution in [1.29, 1.82) is 0 Å². The predicted molar refractivity (Wildman–Crippen MR) is 141 cm³/mol. The molecule has 0 aliphatic carbocycles. The van der Waals surface area contributed by atoms with Gasteiger partial charge in [0.25, 0.3) is 0 Å². The summed E-state index contributed by atoms with van der Waals surface area (Å²) in [5.41, 5.74) is 6.53. The Morgan fingerprint density at radius 2 is 1.43 bits per heavy atom. The fourth-order valence-corrected chi connectivity index (χ4v) is 3.96. The number of hydrogen-bond acceptors (Lipinski definition) is 7. The van der Waals surface area contributed by atoms with Gasteiger partial charge in [0, 0.05) is 12.8 Å². The van der Waals surface area contributed by atoms with Crippen LogP contribution in [-0.2, 0) is 30.4 Å². The van der Waals surface area contributed by atoms with E-state index in [2.05, 4.69) is 16.0 Å². The number of carbonyl (C=O) groups excluding carboxylic acids is 3. The summed E-state index contributed by atoms with van der Waals surface area (Å²) >= 11 is 1.46. The van der Waals surface area contributed by atoms with Gasteiger partial charge in [-0.25, -0.2) is 4.79 Å². The van der Waals surface area contributed by atoms with Gasteiger partial charge >= 0.3 is 11.9 Å². The maximum Gasteiger partial charge on any atom is 0.326 e. The van der Waals surface area contributed by atoms with Crippen molar-refractivity contribution in [2.24, 2.45) is 11.7 Å². The summed E-state index contributed by atoms with van der Waals surface area (Å²) in [7, 11) is 0. The number of nitrogens with one attached hydrogen (secondary N) is 3. The lowest BCUT2D eigenvalue weighted by atomic mass is 10.0. The molecule has 0 spiro atoms. The Balaban J connectivity index is 3.07. The number of aliphatic carboxylic acids is 2. The third-order valence-electron chi connectivity index (χ3n) is 5.49. The van der Waals surface area contributed by atoms with Crippen LogP contribution in [0.2, 0.25) is 0 Å². The molecule has 7 N–H and O–H groups in total. The number of benzene rings is 1. The van der Waals surface area contributed by atoms with Gasteiger partial charge in [-0.1, -0.05) is 44.2 Å². The Labute approximate surface area is 221 Å². The van der Waals surface area contributed by atoms with Crippen LogP contribution >= 0.6 is 11.8 Å². The standard InChI is InChI=1S/C25H38N4O7S/c1-15(2)13-20(25(35)36)29-24(34)19(14-16-7-5-4-6-8-16)28-23(33)18(11-12-37-3)27-22(32)17(26)9-10-21(30)31/h4-8,15,17-20H,9-14,26H2,1-3H3,(H,27,32)(H,28,33)(H,29,34)(H,30,31)(H,35,36). The number of rotatable bonds is 17. The number of carboxylic acids is 2. The van der Waals surface area contributed by atoms with Gasteiger partial charge in [0.15, 0.2) is 0 Å². The van der Waals surface area contributed by atoms with Crippen molar-refractivity contribution in [2.45, 2.75) is 70.1 Å². The molecule has 0 bridgehead atoms. The van der Waals surface area contributed by atoms with Crippen molar-refractivity contribution in [3.05, 3.63) is 35.9 Å². The van der Waals surface area contributed by atoms with Crippen LogP contribution in [0.25, 0.3) is 0 Å². The number of hydrogen-bond donors (Lipinski definition) is 6. The van der Waals surface area contributed by atoms with Crippen LogP contribution < -0.4 is 21.7 Å². The van der Waals surface area contributed by atoms with Crippen LogP contribution in [-0.4, -0.2) is 76.0 Å². The highest BCUT2D eigenvalue weighted by atomic mass is 32.2. The molecule has 1 aromatic rings. The Bertz CT molecular complexity index is 914. The summed E-state index contributed by atoms with van der Waals surface area (Å²) in [5, 5.41) is 26.1. The van der Waals surface area contributed by atoms with E-state index >= 15 is 0 Å². The third-order valence-corrected chi connectivity index (χ3v) is 6.13. The molecular formula is C25H38N4O7S. The predicted octanol–water partition coefficient (Wildman–Crippen LogP) is 0.759. The summed E-state index contributed by atoms with van der Waals surface area (Å²) in [5.74, 6) is -3.68. The van der Waals surface area contributed by atoms with E-state index in [4.69, 9.17) is 10.8 Å². The Morgan fingerprint density at radius 3 is 1.97 bits per heavy atom. The number of carbonyl (C=O) groups is 5. The average Bonchev–Trinajstić information content (AvgIpc) is 2.84. The zero-order chi connectivity index (χ0) is 28.0. The number of carboxylic acid groups (broad SMARTS) is 2. The molecule has 0 aliphatic rings. The molecule has 206 valence electrons. The second-order valence-corrected chi connectivity index (χ2v) is 10.1. The van der Waals surface area contributed by atoms with Gasteiger partial charge < -0.3 is 31.9 Å². The highest BCUT2D eigenvalue weighted by molar-refractivity contribution is 7.98. The molecule has 11 nitrogen and oxygen atoms in total. The minimum atomic E-state index is -1.17. The van der Waals surface area contributed by atoms with E-state index in [1.807, 2.05) is 26.2 Å². The average molecular weight is 539 g/mol. The van der Waals surface area contributed by atoms with Gasteiger partial charge in [-0.15, -0.1) is 0 Å². The van der Waals surface area contributed by atoms with Gasteiger partial charge in [0.1, 0.15) is 18.1 Å². The van der Waals surface area contributed by atoms with Gasteiger partial charge in [0.2, 0.25) is 17.7 Å². The minimum Gasteiger partial charge on any atom is -0.481 e. The van der Waals surface area contributed by atoms with Crippen LogP contribution in [0, 0.1) is 5.92 Å². The molecular weight excluding hydrogens is 500 g/mol. The van der Waals surface area contributed by atoms with Crippen LogP contribution in [0.3, 0.4) is 0 Å². The first-order chi connectivity index (χ1) is 17.4. The molecule has 4 unspecified atom stereocenters. The monoisotopic (exact) mass is 538 g/mol. The molecule has 0 fully saturated rings. The lowest BCUT2D eigenvalue weighted by Crippen LogP contribution is -2.57. The van der Waals surface area contributed by atoms with Gasteiger partial charge in [-0.2, -0.15) is 11.8 Å². The highest BCUT2D eigenvalue weighted by Crippen LogP contribution is 2.09. The van der Waals surface area contributed by atoms with E-state index < -0.39 is 53.8 Å². The lowest BCUT2D eigenvalue weighted by molar-refractivity contribution is -0.143. The van der Waals surface area contributed by atoms with Crippen LogP contribution in [0.15, 0.2) is 30.3 Å². The molecule has 1 rings (SSSR count). The van der Waals surface area contributed by atoms with Crippen molar-refractivity contribution < 1.29 is 34.2 Å². The summed E-state index contributed by atoms with van der Waals surface area (Å²) in [6.45, 7) is 3.68. The number of thioether (sulfide) groups is 1. The van der Waals surface area contributed by atoms with Crippen molar-refractivity contribution in [2.75, 3.05) is 12.0 Å². The highest BCUT2D eigenvalue weighted by Gasteiger charge is 2.30. The maximum atomic E-state index is 13.2. The second kappa shape index (κ2) is 16.6. The molecule has 0 aliphatic heterocycles. The molecule has 1 aromatic carbocycles. The molecule has 0 saturated carbocycles. The SMILES string of the molecule is CSCCC(NC(=O)C(N)CCC(=O)O)C(=O)NC(Cc1ccccc1)C(=O)NC(CC(C)C)C(=O)O. The number of nitrogens with two attached hydrogens (primary N) is 1. The van der Waals surface area contributed by atoms with Crippen molar-refractivity contribution in [3.8, 4) is 0 Å². The minimum absolute atomic E-state index is 0.0139. The molecule has 12 heteroatoms. The first-order valence-corrected chi connectivity index (χ1v) is 13.5. The smallest absolute Gasteiger partial charge is 0.326 e. The first-order valence-electron chi connectivity index (χ1n) is 12.1. The quantitative estimate of drug-likeness (QED) is 0.166. The Morgan fingerprint density at radius 1 is 0.865 bits per heavy atom. The first kappa shape index (κ1) is 31.9. The fraction of sp³-hybridized carbons (Fsp3) is 0.560. The van der Waals surface area contributed by atoms with E-state index in [0.29, 0.717) is 5.75 Å². The van der Waals surface area contributed by atoms with E-state index in [1.165, 1.54) is 11.8 Å². The fourth-order valence-electron chi connectivity index (χ4n) is 3.49. The number of amides is 3. The molecule has 0 saturated heterocycles. The third kappa shape index (κ3) is 12.6. The maximum absolute atomic E-state index is 13.2. The van der Waals surface area contributed by atoms with E-state index in [9.17, 15) is 29.1 Å². The second-order valence-electron chi connectivity index (χ2n) is 9.16. The summed E-state index contributed by atoms with van der Waals surface area (Å²) in [6, 6.07) is 4.58. The van der Waals surface area contributed by atoms with Crippen molar-refractivity contribution in [1.82, 2.24) is 16.0 Å². The van der Waals surface area contributed by atoms with E-state index in [-0.39, 0.29) is 38.0 Å². The summed E-state index contributed by atoms with van der Waals surface area (Å²) in [6.07, 6.45) is 2.01. The molecule has 3 amide bonds. The van der Waals surface area contributed by atoms with Crippen LogP contribution in [0.5, 0.6) is 0 Å². The Kier molecular flexibility index (Phi) is 14.3. The largest absolute Gasteiger partial charge is 0.481 e. The molecule has 4 atom stereocenters. The topological polar surface area (TPSA) is 188 Å². The molecule has 0 radical (unpaired) electrons. The van der Waals surface area contributed by atoms with Crippen LogP contribution in [0.4, 0.5) is 0 Å². The Hall–Kier alpha value is -3.12. The normalized spacial score (nSPS) is 14.2. The molecule has 37 heavy (non-hydrogen) atoms. The lowest BCUT2D eigenvalue weighted by Gasteiger charge is -2.25.